The van der Waals surface area contributed by atoms with Gasteiger partial charge in [-0.25, -0.2) is 4.98 Å². The maximum atomic E-state index is 12.5. The Labute approximate surface area is 144 Å². The van der Waals surface area contributed by atoms with E-state index in [2.05, 4.69) is 15.3 Å². The molecule has 0 unspecified atom stereocenters. The van der Waals surface area contributed by atoms with E-state index in [1.54, 1.807) is 30.1 Å². The summed E-state index contributed by atoms with van der Waals surface area (Å²) < 4.78 is 0. The van der Waals surface area contributed by atoms with Crippen molar-refractivity contribution in [2.75, 3.05) is 20.1 Å². The number of aromatic nitrogens is 2. The van der Waals surface area contributed by atoms with Crippen molar-refractivity contribution in [3.63, 3.8) is 0 Å². The summed E-state index contributed by atoms with van der Waals surface area (Å²) in [6.07, 6.45) is 0.450. The minimum Gasteiger partial charge on any atom is -0.347 e. The lowest BCUT2D eigenvalue weighted by Crippen LogP contribution is -2.55. The first kappa shape index (κ1) is 15.6. The number of H-pyrrole nitrogens is 1. The Morgan fingerprint density at radius 1 is 1.36 bits per heavy atom. The molecule has 25 heavy (non-hydrogen) atoms. The number of benzene rings is 1. The van der Waals surface area contributed by atoms with Crippen LogP contribution in [0.2, 0.25) is 0 Å². The van der Waals surface area contributed by atoms with Crippen molar-refractivity contribution >= 4 is 28.8 Å². The molecule has 2 aliphatic heterocycles. The first-order chi connectivity index (χ1) is 11.9. The first-order valence-electron chi connectivity index (χ1n) is 8.24. The highest BCUT2D eigenvalue weighted by Crippen LogP contribution is 2.24. The van der Waals surface area contributed by atoms with E-state index >= 15 is 0 Å². The molecule has 2 saturated heterocycles. The van der Waals surface area contributed by atoms with Crippen molar-refractivity contribution in [3.05, 3.63) is 29.6 Å². The average Bonchev–Trinajstić information content (AvgIpc) is 3.14. The number of likely N-dealkylation sites (N-methyl/N-ethyl adjacent to an activating group) is 1. The van der Waals surface area contributed by atoms with Crippen molar-refractivity contribution in [2.45, 2.75) is 25.4 Å². The van der Waals surface area contributed by atoms with Gasteiger partial charge in [-0.2, -0.15) is 0 Å². The van der Waals surface area contributed by atoms with Crippen LogP contribution in [-0.4, -0.2) is 69.7 Å². The van der Waals surface area contributed by atoms with Gasteiger partial charge in [0.1, 0.15) is 11.9 Å². The molecule has 0 spiro atoms. The van der Waals surface area contributed by atoms with Gasteiger partial charge in [-0.3, -0.25) is 14.4 Å². The summed E-state index contributed by atoms with van der Waals surface area (Å²) in [6, 6.07) is 4.60. The summed E-state index contributed by atoms with van der Waals surface area (Å²) in [6.45, 7) is 2.34. The number of carbonyl (C=O) groups is 3. The maximum absolute atomic E-state index is 12.5. The lowest BCUT2D eigenvalue weighted by molar-refractivity contribution is -0.152. The van der Waals surface area contributed by atoms with E-state index in [1.807, 2.05) is 6.92 Å². The molecule has 8 heteroatoms. The number of imidazole rings is 1. The van der Waals surface area contributed by atoms with Crippen molar-refractivity contribution in [1.82, 2.24) is 25.1 Å². The molecular formula is C17H19N5O3. The normalized spacial score (nSPS) is 23.3. The summed E-state index contributed by atoms with van der Waals surface area (Å²) in [5, 5.41) is 2.94. The molecule has 1 aromatic carbocycles. The Morgan fingerprint density at radius 3 is 2.96 bits per heavy atom. The minimum absolute atomic E-state index is 0.0642. The second kappa shape index (κ2) is 5.58. The number of carbonyl (C=O) groups excluding carboxylic acids is 3. The molecule has 2 aromatic rings. The second-order valence-electron chi connectivity index (χ2n) is 6.72. The highest BCUT2D eigenvalue weighted by atomic mass is 16.2. The summed E-state index contributed by atoms with van der Waals surface area (Å²) in [4.78, 5) is 47.3. The third-order valence-electron chi connectivity index (χ3n) is 4.85. The molecule has 0 radical (unpaired) electrons. The van der Waals surface area contributed by atoms with E-state index in [4.69, 9.17) is 0 Å². The van der Waals surface area contributed by atoms with Crippen LogP contribution >= 0.6 is 0 Å². The Bertz CT molecular complexity index is 890. The van der Waals surface area contributed by atoms with Crippen LogP contribution in [0.5, 0.6) is 0 Å². The Balaban J connectivity index is 1.49. The predicted molar refractivity (Wildman–Crippen MR) is 89.8 cm³/mol. The number of hydrogen-bond donors (Lipinski definition) is 2. The highest BCUT2D eigenvalue weighted by molar-refractivity contribution is 5.98. The summed E-state index contributed by atoms with van der Waals surface area (Å²) in [5.41, 5.74) is 2.14. The van der Waals surface area contributed by atoms with E-state index in [0.717, 1.165) is 16.9 Å². The van der Waals surface area contributed by atoms with E-state index in [-0.39, 0.29) is 30.3 Å². The predicted octanol–water partition coefficient (Wildman–Crippen LogP) is 0.0426. The number of fused-ring (bicyclic) bond motifs is 2. The van der Waals surface area contributed by atoms with Gasteiger partial charge in [-0.15, -0.1) is 0 Å². The first-order valence-corrected chi connectivity index (χ1v) is 8.24. The van der Waals surface area contributed by atoms with Gasteiger partial charge in [-0.05, 0) is 31.5 Å². The SMILES string of the molecule is Cc1nc2ccc(C(=O)N[C@H]3C[C@H]4C(=O)N(C)CC(=O)N4C3)cc2[nH]1. The Kier molecular flexibility index (Phi) is 3.48. The van der Waals surface area contributed by atoms with Crippen molar-refractivity contribution in [2.24, 2.45) is 0 Å². The zero-order chi connectivity index (χ0) is 17.7. The smallest absolute Gasteiger partial charge is 0.251 e. The van der Waals surface area contributed by atoms with Crippen LogP contribution in [0.15, 0.2) is 18.2 Å². The number of rotatable bonds is 2. The number of nitrogens with zero attached hydrogens (tertiary/aromatic N) is 3. The minimum atomic E-state index is -0.464. The zero-order valence-corrected chi connectivity index (χ0v) is 14.1. The fraction of sp³-hybridized carbons (Fsp3) is 0.412. The van der Waals surface area contributed by atoms with Gasteiger partial charge in [0.25, 0.3) is 5.91 Å². The zero-order valence-electron chi connectivity index (χ0n) is 14.1. The summed E-state index contributed by atoms with van der Waals surface area (Å²) in [7, 11) is 1.63. The van der Waals surface area contributed by atoms with Crippen molar-refractivity contribution in [3.8, 4) is 0 Å². The second-order valence-corrected chi connectivity index (χ2v) is 6.72. The van der Waals surface area contributed by atoms with E-state index < -0.39 is 6.04 Å². The van der Waals surface area contributed by atoms with Crippen LogP contribution in [0, 0.1) is 6.92 Å². The quantitative estimate of drug-likeness (QED) is 0.806. The highest BCUT2D eigenvalue weighted by Gasteiger charge is 2.44. The Hall–Kier alpha value is -2.90. The summed E-state index contributed by atoms with van der Waals surface area (Å²) >= 11 is 0. The van der Waals surface area contributed by atoms with E-state index in [1.165, 1.54) is 4.90 Å². The Morgan fingerprint density at radius 2 is 2.16 bits per heavy atom. The molecule has 0 aliphatic carbocycles. The fourth-order valence-corrected chi connectivity index (χ4v) is 3.62. The topological polar surface area (TPSA) is 98.4 Å². The molecule has 0 saturated carbocycles. The summed E-state index contributed by atoms with van der Waals surface area (Å²) in [5.74, 6) is 0.442. The number of amides is 3. The molecule has 3 heterocycles. The molecule has 2 fully saturated rings. The molecule has 3 amide bonds. The lowest BCUT2D eigenvalue weighted by Gasteiger charge is -2.33. The van der Waals surface area contributed by atoms with Crippen LogP contribution in [0.3, 0.4) is 0 Å². The number of nitrogens with one attached hydrogen (secondary N) is 2. The van der Waals surface area contributed by atoms with Gasteiger partial charge in [0.2, 0.25) is 11.8 Å². The standard InChI is InChI=1S/C17H19N5O3/c1-9-18-12-4-3-10(5-13(12)19-9)16(24)20-11-6-14-17(25)21(2)8-15(23)22(14)7-11/h3-5,11,14H,6-8H2,1-2H3,(H,18,19)(H,20,24)/t11-,14-/m0/s1. The molecule has 8 nitrogen and oxygen atoms in total. The van der Waals surface area contributed by atoms with Gasteiger partial charge in [0.15, 0.2) is 0 Å². The van der Waals surface area contributed by atoms with Crippen LogP contribution in [0.1, 0.15) is 22.6 Å². The largest absolute Gasteiger partial charge is 0.347 e. The third kappa shape index (κ3) is 2.63. The molecule has 0 bridgehead atoms. The van der Waals surface area contributed by atoms with Gasteiger partial charge in [0, 0.05) is 25.2 Å². The number of aromatic amines is 1. The fourth-order valence-electron chi connectivity index (χ4n) is 3.62. The molecule has 130 valence electrons. The van der Waals surface area contributed by atoms with Crippen molar-refractivity contribution < 1.29 is 14.4 Å². The molecule has 2 aliphatic rings. The van der Waals surface area contributed by atoms with Gasteiger partial charge in [-0.1, -0.05) is 0 Å². The van der Waals surface area contributed by atoms with Crippen LogP contribution < -0.4 is 5.32 Å². The van der Waals surface area contributed by atoms with Gasteiger partial charge >= 0.3 is 0 Å². The molecular weight excluding hydrogens is 322 g/mol. The number of piperazine rings is 1. The average molecular weight is 341 g/mol. The molecule has 4 rings (SSSR count). The van der Waals surface area contributed by atoms with Crippen LogP contribution in [0.4, 0.5) is 0 Å². The van der Waals surface area contributed by atoms with Gasteiger partial charge in [0.05, 0.1) is 17.6 Å². The van der Waals surface area contributed by atoms with Crippen LogP contribution in [-0.2, 0) is 9.59 Å². The molecule has 1 aromatic heterocycles. The third-order valence-corrected chi connectivity index (χ3v) is 4.85. The van der Waals surface area contributed by atoms with E-state index in [0.29, 0.717) is 18.5 Å². The lowest BCUT2D eigenvalue weighted by atomic mass is 10.1. The molecule has 2 atom stereocenters. The molecule has 2 N–H and O–H groups in total. The maximum Gasteiger partial charge on any atom is 0.251 e. The number of aryl methyl sites for hydroxylation is 1. The van der Waals surface area contributed by atoms with E-state index in [9.17, 15) is 14.4 Å². The monoisotopic (exact) mass is 341 g/mol. The van der Waals surface area contributed by atoms with Gasteiger partial charge < -0.3 is 20.1 Å². The van der Waals surface area contributed by atoms with Crippen LogP contribution in [0.25, 0.3) is 11.0 Å². The number of hydrogen-bond acceptors (Lipinski definition) is 4. The van der Waals surface area contributed by atoms with Crippen molar-refractivity contribution in [1.29, 1.82) is 0 Å².